The fourth-order valence-corrected chi connectivity index (χ4v) is 3.30. The lowest BCUT2D eigenvalue weighted by atomic mass is 9.94. The van der Waals surface area contributed by atoms with E-state index in [-0.39, 0.29) is 19.0 Å². The minimum atomic E-state index is -0.401. The minimum absolute atomic E-state index is 0.0667. The van der Waals surface area contributed by atoms with E-state index < -0.39 is 6.10 Å². The molecular formula is C18H15ClO4. The SMILES string of the molecule is Cc1ccc2c(c1)O[C@@H](c1cc(Cl)cc3c1OCOC3)CC2=O. The summed E-state index contributed by atoms with van der Waals surface area (Å²) < 4.78 is 17.0. The van der Waals surface area contributed by atoms with Gasteiger partial charge in [-0.1, -0.05) is 17.7 Å². The largest absolute Gasteiger partial charge is 0.484 e. The Labute approximate surface area is 138 Å². The number of fused-ring (bicyclic) bond motifs is 2. The van der Waals surface area contributed by atoms with Crippen molar-refractivity contribution in [2.75, 3.05) is 6.79 Å². The highest BCUT2D eigenvalue weighted by atomic mass is 35.5. The lowest BCUT2D eigenvalue weighted by molar-refractivity contribution is -0.0183. The fraction of sp³-hybridized carbons (Fsp3) is 0.278. The molecule has 2 aromatic carbocycles. The van der Waals surface area contributed by atoms with Crippen LogP contribution in [0.15, 0.2) is 30.3 Å². The van der Waals surface area contributed by atoms with E-state index in [0.717, 1.165) is 22.4 Å². The van der Waals surface area contributed by atoms with Gasteiger partial charge >= 0.3 is 0 Å². The first-order valence-corrected chi connectivity index (χ1v) is 7.83. The molecule has 0 amide bonds. The number of ketones is 1. The Hall–Kier alpha value is -2.04. The molecule has 0 aromatic heterocycles. The van der Waals surface area contributed by atoms with Crippen LogP contribution in [0.3, 0.4) is 0 Å². The second-order valence-electron chi connectivity index (χ2n) is 5.83. The molecule has 2 aromatic rings. The topological polar surface area (TPSA) is 44.8 Å². The van der Waals surface area contributed by atoms with Gasteiger partial charge in [0.1, 0.15) is 17.6 Å². The molecule has 0 unspecified atom stereocenters. The predicted octanol–water partition coefficient (Wildman–Crippen LogP) is 4.22. The smallest absolute Gasteiger partial charge is 0.189 e. The number of benzene rings is 2. The van der Waals surface area contributed by atoms with Crippen molar-refractivity contribution in [3.05, 3.63) is 57.6 Å². The fourth-order valence-electron chi connectivity index (χ4n) is 3.05. The average Bonchev–Trinajstić information content (AvgIpc) is 2.53. The Bertz CT molecular complexity index is 800. The zero-order chi connectivity index (χ0) is 16.0. The van der Waals surface area contributed by atoms with Crippen molar-refractivity contribution in [1.29, 1.82) is 0 Å². The average molecular weight is 331 g/mol. The molecule has 5 heteroatoms. The molecule has 0 saturated carbocycles. The Morgan fingerprint density at radius 2 is 2.09 bits per heavy atom. The van der Waals surface area contributed by atoms with Crippen LogP contribution in [0.1, 0.15) is 39.6 Å². The van der Waals surface area contributed by atoms with Gasteiger partial charge in [0.25, 0.3) is 0 Å². The predicted molar refractivity (Wildman–Crippen MR) is 85.2 cm³/mol. The summed E-state index contributed by atoms with van der Waals surface area (Å²) in [7, 11) is 0. The number of hydrogen-bond donors (Lipinski definition) is 0. The summed E-state index contributed by atoms with van der Waals surface area (Å²) in [6.07, 6.45) is -0.130. The molecular weight excluding hydrogens is 316 g/mol. The van der Waals surface area contributed by atoms with Crippen LogP contribution in [0.5, 0.6) is 11.5 Å². The maximum absolute atomic E-state index is 12.5. The normalized spacial score (nSPS) is 19.4. The minimum Gasteiger partial charge on any atom is -0.484 e. The summed E-state index contributed by atoms with van der Waals surface area (Å²) in [4.78, 5) is 12.5. The van der Waals surface area contributed by atoms with Gasteiger partial charge in [0.2, 0.25) is 0 Å². The molecule has 0 aliphatic carbocycles. The molecule has 0 fully saturated rings. The van der Waals surface area contributed by atoms with Crippen LogP contribution < -0.4 is 9.47 Å². The summed E-state index contributed by atoms with van der Waals surface area (Å²) in [6, 6.07) is 9.26. The van der Waals surface area contributed by atoms with Crippen LogP contribution in [0, 0.1) is 6.92 Å². The number of ether oxygens (including phenoxy) is 3. The second kappa shape index (κ2) is 5.55. The summed E-state index contributed by atoms with van der Waals surface area (Å²) in [6.45, 7) is 2.61. The quantitative estimate of drug-likeness (QED) is 0.785. The number of Topliss-reactive ketones (excluding diaryl/α,β-unsaturated/α-hetero) is 1. The van der Waals surface area contributed by atoms with Gasteiger partial charge in [0, 0.05) is 16.1 Å². The lowest BCUT2D eigenvalue weighted by Gasteiger charge is -2.29. The molecule has 1 atom stereocenters. The maximum atomic E-state index is 12.5. The second-order valence-corrected chi connectivity index (χ2v) is 6.26. The van der Waals surface area contributed by atoms with Gasteiger partial charge in [0.05, 0.1) is 18.6 Å². The monoisotopic (exact) mass is 330 g/mol. The maximum Gasteiger partial charge on any atom is 0.189 e. The Morgan fingerprint density at radius 3 is 2.96 bits per heavy atom. The first-order chi connectivity index (χ1) is 11.1. The molecule has 4 nitrogen and oxygen atoms in total. The van der Waals surface area contributed by atoms with Crippen LogP contribution in [-0.4, -0.2) is 12.6 Å². The molecule has 2 aliphatic heterocycles. The van der Waals surface area contributed by atoms with Gasteiger partial charge in [-0.15, -0.1) is 0 Å². The zero-order valence-corrected chi connectivity index (χ0v) is 13.4. The van der Waals surface area contributed by atoms with Gasteiger partial charge in [0.15, 0.2) is 12.6 Å². The van der Waals surface area contributed by atoms with E-state index in [2.05, 4.69) is 0 Å². The molecule has 0 radical (unpaired) electrons. The Kier molecular flexibility index (Phi) is 3.51. The van der Waals surface area contributed by atoms with E-state index in [9.17, 15) is 4.79 Å². The van der Waals surface area contributed by atoms with E-state index >= 15 is 0 Å². The van der Waals surface area contributed by atoms with E-state index in [0.29, 0.717) is 22.9 Å². The lowest BCUT2D eigenvalue weighted by Crippen LogP contribution is -2.23. The van der Waals surface area contributed by atoms with E-state index in [1.165, 1.54) is 0 Å². The number of hydrogen-bond acceptors (Lipinski definition) is 4. The van der Waals surface area contributed by atoms with Gasteiger partial charge in [-0.25, -0.2) is 0 Å². The van der Waals surface area contributed by atoms with Crippen molar-refractivity contribution in [2.45, 2.75) is 26.1 Å². The summed E-state index contributed by atoms with van der Waals surface area (Å²) in [5.74, 6) is 1.40. The third-order valence-corrected chi connectivity index (χ3v) is 4.35. The molecule has 0 N–H and O–H groups in total. The van der Waals surface area contributed by atoms with Gasteiger partial charge in [-0.05, 0) is 36.8 Å². The first kappa shape index (κ1) is 14.5. The van der Waals surface area contributed by atoms with Crippen LogP contribution in [-0.2, 0) is 11.3 Å². The molecule has 2 aliphatic rings. The van der Waals surface area contributed by atoms with Crippen LogP contribution in [0.4, 0.5) is 0 Å². The Morgan fingerprint density at radius 1 is 1.22 bits per heavy atom. The zero-order valence-electron chi connectivity index (χ0n) is 12.6. The first-order valence-electron chi connectivity index (χ1n) is 7.45. The van der Waals surface area contributed by atoms with Crippen LogP contribution in [0.25, 0.3) is 0 Å². The molecule has 4 rings (SSSR count). The summed E-state index contributed by atoms with van der Waals surface area (Å²) in [5, 5.41) is 0.582. The molecule has 23 heavy (non-hydrogen) atoms. The van der Waals surface area contributed by atoms with Crippen LogP contribution in [0.2, 0.25) is 5.02 Å². The van der Waals surface area contributed by atoms with Crippen molar-refractivity contribution >= 4 is 17.4 Å². The Balaban J connectivity index is 1.78. The number of carbonyl (C=O) groups is 1. The summed E-state index contributed by atoms with van der Waals surface area (Å²) >= 11 is 6.21. The molecule has 0 bridgehead atoms. The molecule has 118 valence electrons. The van der Waals surface area contributed by atoms with E-state index in [4.69, 9.17) is 25.8 Å². The van der Waals surface area contributed by atoms with Crippen molar-refractivity contribution < 1.29 is 19.0 Å². The number of aryl methyl sites for hydroxylation is 1. The van der Waals surface area contributed by atoms with Crippen molar-refractivity contribution in [2.24, 2.45) is 0 Å². The number of rotatable bonds is 1. The van der Waals surface area contributed by atoms with Gasteiger partial charge in [-0.3, -0.25) is 4.79 Å². The van der Waals surface area contributed by atoms with E-state index in [1.807, 2.05) is 37.3 Å². The van der Waals surface area contributed by atoms with Crippen molar-refractivity contribution in [1.82, 2.24) is 0 Å². The molecule has 2 heterocycles. The van der Waals surface area contributed by atoms with Gasteiger partial charge in [-0.2, -0.15) is 0 Å². The highest BCUT2D eigenvalue weighted by Crippen LogP contribution is 2.42. The molecule has 0 spiro atoms. The summed E-state index contributed by atoms with van der Waals surface area (Å²) in [5.41, 5.74) is 3.36. The standard InChI is InChI=1S/C18H15ClO4/c1-10-2-3-13-15(20)7-17(23-16(13)4-10)14-6-12(19)5-11-8-21-9-22-18(11)14/h2-6,17H,7-9H2,1H3/t17-/m1/s1. The van der Waals surface area contributed by atoms with Crippen molar-refractivity contribution in [3.63, 3.8) is 0 Å². The number of halogens is 1. The number of carbonyl (C=O) groups excluding carboxylic acids is 1. The van der Waals surface area contributed by atoms with Crippen LogP contribution >= 0.6 is 11.6 Å². The molecule has 0 saturated heterocycles. The van der Waals surface area contributed by atoms with E-state index in [1.54, 1.807) is 0 Å². The highest BCUT2D eigenvalue weighted by molar-refractivity contribution is 6.30. The third-order valence-electron chi connectivity index (χ3n) is 4.13. The highest BCUT2D eigenvalue weighted by Gasteiger charge is 2.31. The third kappa shape index (κ3) is 2.58. The van der Waals surface area contributed by atoms with Gasteiger partial charge < -0.3 is 14.2 Å². The van der Waals surface area contributed by atoms with Crippen molar-refractivity contribution in [3.8, 4) is 11.5 Å².